The Morgan fingerprint density at radius 3 is 2.85 bits per heavy atom. The number of anilines is 1. The van der Waals surface area contributed by atoms with Crippen LogP contribution in [0.3, 0.4) is 0 Å². The third kappa shape index (κ3) is 2.90. The third-order valence-electron chi connectivity index (χ3n) is 5.18. The molecule has 134 valence electrons. The van der Waals surface area contributed by atoms with Gasteiger partial charge in [0.2, 0.25) is 0 Å². The molecule has 2 fully saturated rings. The maximum atomic E-state index is 5.95. The second kappa shape index (κ2) is 6.29. The number of aromatic nitrogens is 3. The number of ether oxygens (including phenoxy) is 2. The van der Waals surface area contributed by atoms with E-state index < -0.39 is 0 Å². The van der Waals surface area contributed by atoms with Gasteiger partial charge in [0.1, 0.15) is 17.3 Å². The van der Waals surface area contributed by atoms with Crippen LogP contribution in [0, 0.1) is 0 Å². The number of H-pyrrole nitrogens is 1. The Morgan fingerprint density at radius 1 is 1.12 bits per heavy atom. The summed E-state index contributed by atoms with van der Waals surface area (Å²) in [6, 6.07) is 10.3. The van der Waals surface area contributed by atoms with Crippen LogP contribution in [0.15, 0.2) is 36.5 Å². The van der Waals surface area contributed by atoms with Crippen LogP contribution >= 0.6 is 0 Å². The van der Waals surface area contributed by atoms with Crippen LogP contribution in [0.5, 0.6) is 5.75 Å². The molecule has 6 heteroatoms. The minimum atomic E-state index is 0.286. The van der Waals surface area contributed by atoms with E-state index in [1.807, 2.05) is 24.4 Å². The largest absolute Gasteiger partial charge is 0.490 e. The van der Waals surface area contributed by atoms with E-state index in [-0.39, 0.29) is 6.10 Å². The van der Waals surface area contributed by atoms with Crippen molar-refractivity contribution in [2.75, 3.05) is 25.1 Å². The summed E-state index contributed by atoms with van der Waals surface area (Å²) >= 11 is 0. The molecule has 1 saturated heterocycles. The van der Waals surface area contributed by atoms with Crippen molar-refractivity contribution in [2.24, 2.45) is 0 Å². The molecule has 1 N–H and O–H groups in total. The van der Waals surface area contributed by atoms with Crippen LogP contribution in [-0.2, 0) is 4.74 Å². The van der Waals surface area contributed by atoms with Gasteiger partial charge in [-0.3, -0.25) is 5.10 Å². The number of rotatable bonds is 5. The van der Waals surface area contributed by atoms with Gasteiger partial charge < -0.3 is 14.4 Å². The van der Waals surface area contributed by atoms with E-state index in [2.05, 4.69) is 32.2 Å². The first-order valence-electron chi connectivity index (χ1n) is 9.19. The first-order chi connectivity index (χ1) is 12.8. The summed E-state index contributed by atoms with van der Waals surface area (Å²) < 4.78 is 11.4. The van der Waals surface area contributed by atoms with Crippen molar-refractivity contribution in [3.8, 4) is 17.0 Å². The highest BCUT2D eigenvalue weighted by Gasteiger charge is 2.25. The van der Waals surface area contributed by atoms with Gasteiger partial charge in [-0.1, -0.05) is 0 Å². The molecule has 0 amide bonds. The monoisotopic (exact) mass is 350 g/mol. The minimum absolute atomic E-state index is 0.286. The maximum absolute atomic E-state index is 5.95. The Labute approximate surface area is 152 Å². The summed E-state index contributed by atoms with van der Waals surface area (Å²) in [6.07, 6.45) is 5.88. The van der Waals surface area contributed by atoms with Crippen LogP contribution in [0.4, 0.5) is 5.82 Å². The summed E-state index contributed by atoms with van der Waals surface area (Å²) in [7, 11) is 1.77. The van der Waals surface area contributed by atoms with Gasteiger partial charge in [-0.05, 0) is 49.6 Å². The number of benzene rings is 1. The molecule has 3 heterocycles. The molecule has 2 aromatic heterocycles. The number of fused-ring (bicyclic) bond motifs is 1. The van der Waals surface area contributed by atoms with Crippen molar-refractivity contribution in [3.05, 3.63) is 36.5 Å². The second-order valence-corrected chi connectivity index (χ2v) is 7.09. The molecule has 5 rings (SSSR count). The summed E-state index contributed by atoms with van der Waals surface area (Å²) in [5.74, 6) is 1.89. The Kier molecular flexibility index (Phi) is 3.78. The molecule has 2 aliphatic rings. The molecule has 1 aliphatic carbocycles. The standard InChI is InChI=1S/C20H22N4O2/c1-25-16-7-9-24(12-16)19-10-13(6-8-21-19)20-17-11-15(26-14-2-3-14)4-5-18(17)22-23-20/h4-6,8,10-11,14,16H,2-3,7,9,12H2,1H3,(H,22,23)/t16-/m1/s1. The molecule has 0 spiro atoms. The topological polar surface area (TPSA) is 63.3 Å². The molecular formula is C20H22N4O2. The quantitative estimate of drug-likeness (QED) is 0.764. The van der Waals surface area contributed by atoms with E-state index in [9.17, 15) is 0 Å². The van der Waals surface area contributed by atoms with Crippen molar-refractivity contribution < 1.29 is 9.47 Å². The van der Waals surface area contributed by atoms with Crippen molar-refractivity contribution >= 4 is 16.7 Å². The van der Waals surface area contributed by atoms with Crippen molar-refractivity contribution in [3.63, 3.8) is 0 Å². The molecule has 1 atom stereocenters. The molecule has 1 saturated carbocycles. The highest BCUT2D eigenvalue weighted by molar-refractivity contribution is 5.94. The zero-order valence-electron chi connectivity index (χ0n) is 14.8. The van der Waals surface area contributed by atoms with Gasteiger partial charge in [0.05, 0.1) is 17.7 Å². The lowest BCUT2D eigenvalue weighted by molar-refractivity contribution is 0.121. The normalized spacial score (nSPS) is 20.0. The maximum Gasteiger partial charge on any atom is 0.129 e. The molecule has 0 unspecified atom stereocenters. The second-order valence-electron chi connectivity index (χ2n) is 7.09. The predicted octanol–water partition coefficient (Wildman–Crippen LogP) is 3.39. The van der Waals surface area contributed by atoms with Crippen LogP contribution in [-0.4, -0.2) is 47.6 Å². The number of nitrogens with one attached hydrogen (secondary N) is 1. The molecule has 1 aromatic carbocycles. The summed E-state index contributed by atoms with van der Waals surface area (Å²) in [5.41, 5.74) is 3.01. The first-order valence-corrected chi connectivity index (χ1v) is 9.19. The van der Waals surface area contributed by atoms with E-state index >= 15 is 0 Å². The fourth-order valence-electron chi connectivity index (χ4n) is 3.53. The molecular weight excluding hydrogens is 328 g/mol. The summed E-state index contributed by atoms with van der Waals surface area (Å²) in [5, 5.41) is 8.76. The van der Waals surface area contributed by atoms with Gasteiger partial charge in [0.25, 0.3) is 0 Å². The highest BCUT2D eigenvalue weighted by Crippen LogP contribution is 2.33. The van der Waals surface area contributed by atoms with E-state index in [0.717, 1.165) is 66.1 Å². The summed E-state index contributed by atoms with van der Waals surface area (Å²) in [6.45, 7) is 1.85. The molecule has 3 aromatic rings. The minimum Gasteiger partial charge on any atom is -0.490 e. The lowest BCUT2D eigenvalue weighted by Crippen LogP contribution is -2.23. The predicted molar refractivity (Wildman–Crippen MR) is 101 cm³/mol. The van der Waals surface area contributed by atoms with E-state index in [4.69, 9.17) is 9.47 Å². The van der Waals surface area contributed by atoms with Gasteiger partial charge in [-0.15, -0.1) is 0 Å². The molecule has 0 radical (unpaired) electrons. The Hall–Kier alpha value is -2.60. The Balaban J connectivity index is 1.48. The van der Waals surface area contributed by atoms with Crippen LogP contribution in [0.1, 0.15) is 19.3 Å². The van der Waals surface area contributed by atoms with Crippen molar-refractivity contribution in [1.82, 2.24) is 15.2 Å². The number of aromatic amines is 1. The van der Waals surface area contributed by atoms with E-state index in [1.165, 1.54) is 0 Å². The molecule has 0 bridgehead atoms. The molecule has 1 aliphatic heterocycles. The zero-order valence-corrected chi connectivity index (χ0v) is 14.8. The summed E-state index contributed by atoms with van der Waals surface area (Å²) in [4.78, 5) is 6.82. The van der Waals surface area contributed by atoms with Crippen LogP contribution < -0.4 is 9.64 Å². The van der Waals surface area contributed by atoms with Gasteiger partial charge in [0, 0.05) is 37.3 Å². The van der Waals surface area contributed by atoms with Crippen molar-refractivity contribution in [1.29, 1.82) is 0 Å². The molecule has 26 heavy (non-hydrogen) atoms. The van der Waals surface area contributed by atoms with Gasteiger partial charge in [-0.2, -0.15) is 5.10 Å². The lowest BCUT2D eigenvalue weighted by atomic mass is 10.1. The van der Waals surface area contributed by atoms with Crippen molar-refractivity contribution in [2.45, 2.75) is 31.5 Å². The Morgan fingerprint density at radius 2 is 2.04 bits per heavy atom. The third-order valence-corrected chi connectivity index (χ3v) is 5.18. The Bertz CT molecular complexity index is 934. The first kappa shape index (κ1) is 15.6. The highest BCUT2D eigenvalue weighted by atomic mass is 16.5. The number of hydrogen-bond acceptors (Lipinski definition) is 5. The SMILES string of the molecule is CO[C@@H]1CCN(c2cc(-c3n[nH]c4ccc(OC5CC5)cc34)ccn2)C1. The van der Waals surface area contributed by atoms with E-state index in [1.54, 1.807) is 7.11 Å². The number of nitrogens with zero attached hydrogens (tertiary/aromatic N) is 3. The fraction of sp³-hybridized carbons (Fsp3) is 0.400. The number of hydrogen-bond donors (Lipinski definition) is 1. The van der Waals surface area contributed by atoms with Crippen LogP contribution in [0.2, 0.25) is 0 Å². The lowest BCUT2D eigenvalue weighted by Gasteiger charge is -2.17. The average Bonchev–Trinajstić information content (AvgIpc) is 3.20. The van der Waals surface area contributed by atoms with Gasteiger partial charge in [0.15, 0.2) is 0 Å². The van der Waals surface area contributed by atoms with Crippen LogP contribution in [0.25, 0.3) is 22.2 Å². The zero-order chi connectivity index (χ0) is 17.5. The smallest absolute Gasteiger partial charge is 0.129 e. The van der Waals surface area contributed by atoms with E-state index in [0.29, 0.717) is 6.10 Å². The molecule has 6 nitrogen and oxygen atoms in total. The average molecular weight is 350 g/mol. The fourth-order valence-corrected chi connectivity index (χ4v) is 3.53. The number of pyridine rings is 1. The van der Waals surface area contributed by atoms with Gasteiger partial charge in [-0.25, -0.2) is 4.98 Å². The van der Waals surface area contributed by atoms with Gasteiger partial charge >= 0.3 is 0 Å². The number of methoxy groups -OCH3 is 1.